The van der Waals surface area contributed by atoms with E-state index in [0.717, 1.165) is 41.2 Å². The molecule has 0 atom stereocenters. The molecule has 0 unspecified atom stereocenters. The normalized spacial score (nSPS) is 37.1. The second-order valence-electron chi connectivity index (χ2n) is 9.87. The van der Waals surface area contributed by atoms with E-state index in [2.05, 4.69) is 85.8 Å². The zero-order valence-electron chi connectivity index (χ0n) is 16.8. The Balaban J connectivity index is 1.51. The van der Waals surface area contributed by atoms with Gasteiger partial charge in [0.2, 0.25) is 0 Å². The SMILES string of the molecule is CN1CCC(C2(OC(=O)c3cc(I)cc(I)c3I)C3CC4CC(C3)CC2C4)CC1. The van der Waals surface area contributed by atoms with Gasteiger partial charge in [-0.05, 0) is 169 Å². The molecule has 1 saturated heterocycles. The van der Waals surface area contributed by atoms with E-state index >= 15 is 0 Å². The van der Waals surface area contributed by atoms with Gasteiger partial charge >= 0.3 is 5.97 Å². The first kappa shape index (κ1) is 21.7. The molecule has 0 N–H and O–H groups in total. The number of carbonyl (C=O) groups is 1. The van der Waals surface area contributed by atoms with Crippen molar-refractivity contribution in [3.8, 4) is 0 Å². The predicted molar refractivity (Wildman–Crippen MR) is 140 cm³/mol. The number of ether oxygens (including phenoxy) is 1. The molecule has 0 amide bonds. The Bertz CT molecular complexity index is 791. The summed E-state index contributed by atoms with van der Waals surface area (Å²) in [5.74, 6) is 3.38. The first-order chi connectivity index (χ1) is 13.9. The Kier molecular flexibility index (Phi) is 6.22. The minimum absolute atomic E-state index is 0.0720. The molecule has 0 aromatic heterocycles. The zero-order valence-corrected chi connectivity index (χ0v) is 23.3. The Labute approximate surface area is 214 Å². The maximum absolute atomic E-state index is 13.6. The molecular formula is C23H28I3NO2. The van der Waals surface area contributed by atoms with E-state index in [1.165, 1.54) is 44.9 Å². The molecular weight excluding hydrogens is 703 g/mol. The molecule has 1 aliphatic heterocycles. The highest BCUT2D eigenvalue weighted by atomic mass is 127. The Morgan fingerprint density at radius 2 is 1.55 bits per heavy atom. The average molecular weight is 731 g/mol. The van der Waals surface area contributed by atoms with Crippen LogP contribution in [0, 0.1) is 40.3 Å². The summed E-state index contributed by atoms with van der Waals surface area (Å²) in [5.41, 5.74) is 0.546. The molecule has 1 aromatic rings. The molecule has 158 valence electrons. The molecule has 0 spiro atoms. The second kappa shape index (κ2) is 8.32. The van der Waals surface area contributed by atoms with Crippen LogP contribution in [0.4, 0.5) is 0 Å². The number of rotatable bonds is 3. The van der Waals surface area contributed by atoms with Gasteiger partial charge in [-0.15, -0.1) is 0 Å². The number of benzene rings is 1. The molecule has 5 fully saturated rings. The Morgan fingerprint density at radius 3 is 2.14 bits per heavy atom. The van der Waals surface area contributed by atoms with Gasteiger partial charge in [0.15, 0.2) is 0 Å². The van der Waals surface area contributed by atoms with E-state index in [1.54, 1.807) is 0 Å². The van der Waals surface area contributed by atoms with Gasteiger partial charge in [-0.3, -0.25) is 0 Å². The molecule has 29 heavy (non-hydrogen) atoms. The fourth-order valence-electron chi connectivity index (χ4n) is 7.22. The summed E-state index contributed by atoms with van der Waals surface area (Å²) in [7, 11) is 2.22. The van der Waals surface area contributed by atoms with Crippen molar-refractivity contribution in [3.05, 3.63) is 28.4 Å². The van der Waals surface area contributed by atoms with Crippen LogP contribution in [-0.4, -0.2) is 36.6 Å². The maximum atomic E-state index is 13.6. The van der Waals surface area contributed by atoms with Crippen LogP contribution in [0.15, 0.2) is 12.1 Å². The number of esters is 1. The highest BCUT2D eigenvalue weighted by Crippen LogP contribution is 2.63. The number of piperidine rings is 1. The quantitative estimate of drug-likeness (QED) is 0.211. The molecule has 4 aliphatic carbocycles. The van der Waals surface area contributed by atoms with Crippen molar-refractivity contribution < 1.29 is 9.53 Å². The van der Waals surface area contributed by atoms with Gasteiger partial charge in [0.1, 0.15) is 5.60 Å². The average Bonchev–Trinajstić information content (AvgIpc) is 2.67. The highest BCUT2D eigenvalue weighted by Gasteiger charge is 2.62. The van der Waals surface area contributed by atoms with Crippen molar-refractivity contribution in [1.82, 2.24) is 4.90 Å². The second-order valence-corrected chi connectivity index (χ2v) is 13.4. The summed E-state index contributed by atoms with van der Waals surface area (Å²) in [5, 5.41) is 0. The number of halogens is 3. The smallest absolute Gasteiger partial charge is 0.339 e. The van der Waals surface area contributed by atoms with Gasteiger partial charge in [0.25, 0.3) is 0 Å². The van der Waals surface area contributed by atoms with Crippen LogP contribution in [0.5, 0.6) is 0 Å². The topological polar surface area (TPSA) is 29.5 Å². The molecule has 4 bridgehead atoms. The number of likely N-dealkylation sites (tertiary alicyclic amines) is 1. The number of carbonyl (C=O) groups excluding carboxylic acids is 1. The van der Waals surface area contributed by atoms with Crippen molar-refractivity contribution in [3.63, 3.8) is 0 Å². The predicted octanol–water partition coefficient (Wildman–Crippen LogP) is 6.19. The number of nitrogens with zero attached hydrogens (tertiary/aromatic N) is 1. The van der Waals surface area contributed by atoms with Crippen LogP contribution in [0.2, 0.25) is 0 Å². The fourth-order valence-corrected chi connectivity index (χ4v) is 9.59. The minimum atomic E-state index is -0.221. The van der Waals surface area contributed by atoms with Crippen molar-refractivity contribution in [2.75, 3.05) is 20.1 Å². The van der Waals surface area contributed by atoms with Crippen LogP contribution in [0.3, 0.4) is 0 Å². The van der Waals surface area contributed by atoms with E-state index in [4.69, 9.17) is 4.74 Å². The molecule has 6 rings (SSSR count). The van der Waals surface area contributed by atoms with E-state index in [-0.39, 0.29) is 11.6 Å². The Morgan fingerprint density at radius 1 is 0.966 bits per heavy atom. The summed E-state index contributed by atoms with van der Waals surface area (Å²) in [6.07, 6.45) is 8.92. The Hall–Kier alpha value is 0.840. The van der Waals surface area contributed by atoms with Crippen LogP contribution in [0.1, 0.15) is 55.3 Å². The van der Waals surface area contributed by atoms with Gasteiger partial charge in [-0.1, -0.05) is 0 Å². The van der Waals surface area contributed by atoms with Crippen molar-refractivity contribution in [1.29, 1.82) is 0 Å². The minimum Gasteiger partial charge on any atom is -0.455 e. The third-order valence-electron chi connectivity index (χ3n) is 8.25. The lowest BCUT2D eigenvalue weighted by atomic mass is 9.46. The lowest BCUT2D eigenvalue weighted by Crippen LogP contribution is -2.64. The van der Waals surface area contributed by atoms with Gasteiger partial charge in [0.05, 0.1) is 5.56 Å². The molecule has 4 saturated carbocycles. The molecule has 1 heterocycles. The standard InChI is InChI=1S/C23H28I3NO2/c1-27-4-2-15(3-5-27)23(16-7-13-6-14(9-16)10-17(23)8-13)29-22(28)19-11-18(24)12-20(25)21(19)26/h11-17H,2-10H2,1H3. The molecule has 3 nitrogen and oxygen atoms in total. The highest BCUT2D eigenvalue weighted by molar-refractivity contribution is 14.1. The third kappa shape index (κ3) is 3.81. The lowest BCUT2D eigenvalue weighted by Gasteiger charge is -2.63. The summed E-state index contributed by atoms with van der Waals surface area (Å²) in [6.45, 7) is 2.27. The van der Waals surface area contributed by atoms with E-state index in [1.807, 2.05) is 6.07 Å². The molecule has 0 radical (unpaired) electrons. The fraction of sp³-hybridized carbons (Fsp3) is 0.696. The first-order valence-electron chi connectivity index (χ1n) is 10.9. The van der Waals surface area contributed by atoms with E-state index in [0.29, 0.717) is 17.8 Å². The van der Waals surface area contributed by atoms with Gasteiger partial charge in [-0.2, -0.15) is 0 Å². The summed E-state index contributed by atoms with van der Waals surface area (Å²) in [6, 6.07) is 4.15. The van der Waals surface area contributed by atoms with Crippen molar-refractivity contribution >= 4 is 73.7 Å². The monoisotopic (exact) mass is 731 g/mol. The molecule has 5 aliphatic rings. The van der Waals surface area contributed by atoms with Crippen LogP contribution < -0.4 is 0 Å². The third-order valence-corrected chi connectivity index (χ3v) is 11.9. The summed E-state index contributed by atoms with van der Waals surface area (Å²) >= 11 is 6.97. The number of hydrogen-bond donors (Lipinski definition) is 0. The van der Waals surface area contributed by atoms with Gasteiger partial charge in [0, 0.05) is 16.6 Å². The van der Waals surface area contributed by atoms with Crippen molar-refractivity contribution in [2.45, 2.75) is 50.5 Å². The molecule has 6 heteroatoms. The van der Waals surface area contributed by atoms with Gasteiger partial charge in [-0.25, -0.2) is 4.79 Å². The lowest BCUT2D eigenvalue weighted by molar-refractivity contribution is -0.209. The summed E-state index contributed by atoms with van der Waals surface area (Å²) in [4.78, 5) is 16.1. The maximum Gasteiger partial charge on any atom is 0.339 e. The zero-order chi connectivity index (χ0) is 20.3. The first-order valence-corrected chi connectivity index (χ1v) is 14.2. The molecule has 1 aromatic carbocycles. The van der Waals surface area contributed by atoms with E-state index in [9.17, 15) is 4.79 Å². The number of hydrogen-bond acceptors (Lipinski definition) is 3. The largest absolute Gasteiger partial charge is 0.455 e. The summed E-state index contributed by atoms with van der Waals surface area (Å²) < 4.78 is 10.1. The van der Waals surface area contributed by atoms with Crippen molar-refractivity contribution in [2.24, 2.45) is 29.6 Å². The van der Waals surface area contributed by atoms with E-state index < -0.39 is 0 Å². The van der Waals surface area contributed by atoms with Crippen LogP contribution in [-0.2, 0) is 4.74 Å². The van der Waals surface area contributed by atoms with Gasteiger partial charge < -0.3 is 9.64 Å². The van der Waals surface area contributed by atoms with Crippen LogP contribution >= 0.6 is 67.8 Å². The van der Waals surface area contributed by atoms with Crippen LogP contribution in [0.25, 0.3) is 0 Å².